The first kappa shape index (κ1) is 15.8. The molecule has 1 aliphatic carbocycles. The minimum Gasteiger partial charge on any atom is -0.378 e. The SMILES string of the molecule is CN(C)c1ccc2nc3c(=O)n(C4CCCCC4)c(=O)[nH]c3nc2c1. The summed E-state index contributed by atoms with van der Waals surface area (Å²) in [7, 11) is 3.89. The summed E-state index contributed by atoms with van der Waals surface area (Å²) in [5.74, 6) is 0. The lowest BCUT2D eigenvalue weighted by atomic mass is 9.95. The highest BCUT2D eigenvalue weighted by molar-refractivity contribution is 5.85. The van der Waals surface area contributed by atoms with Crippen LogP contribution in [0.2, 0.25) is 0 Å². The van der Waals surface area contributed by atoms with E-state index in [1.54, 1.807) is 0 Å². The number of hydrogen-bond acceptors (Lipinski definition) is 5. The fraction of sp³-hybridized carbons (Fsp3) is 0.444. The lowest BCUT2D eigenvalue weighted by Crippen LogP contribution is -2.39. The van der Waals surface area contributed by atoms with Gasteiger partial charge in [-0.15, -0.1) is 0 Å². The van der Waals surface area contributed by atoms with E-state index >= 15 is 0 Å². The van der Waals surface area contributed by atoms with Gasteiger partial charge in [-0.1, -0.05) is 19.3 Å². The fourth-order valence-electron chi connectivity index (χ4n) is 3.60. The maximum Gasteiger partial charge on any atom is 0.330 e. The van der Waals surface area contributed by atoms with Crippen molar-refractivity contribution in [3.05, 3.63) is 39.0 Å². The highest BCUT2D eigenvalue weighted by Gasteiger charge is 2.21. The van der Waals surface area contributed by atoms with Gasteiger partial charge in [-0.2, -0.15) is 0 Å². The molecule has 4 rings (SSSR count). The Morgan fingerprint density at radius 2 is 1.84 bits per heavy atom. The molecule has 7 heteroatoms. The molecule has 1 N–H and O–H groups in total. The Morgan fingerprint density at radius 1 is 1.08 bits per heavy atom. The summed E-state index contributed by atoms with van der Waals surface area (Å²) in [4.78, 5) is 39.1. The van der Waals surface area contributed by atoms with Crippen LogP contribution < -0.4 is 16.1 Å². The van der Waals surface area contributed by atoms with Crippen molar-refractivity contribution < 1.29 is 0 Å². The highest BCUT2D eigenvalue weighted by Crippen LogP contribution is 2.26. The maximum atomic E-state index is 12.9. The van der Waals surface area contributed by atoms with Crippen molar-refractivity contribution in [3.63, 3.8) is 0 Å². The van der Waals surface area contributed by atoms with Crippen molar-refractivity contribution in [3.8, 4) is 0 Å². The number of nitrogens with one attached hydrogen (secondary N) is 1. The van der Waals surface area contributed by atoms with Crippen molar-refractivity contribution in [1.82, 2.24) is 19.5 Å². The number of aromatic nitrogens is 4. The Bertz CT molecular complexity index is 1060. The Morgan fingerprint density at radius 3 is 2.56 bits per heavy atom. The second-order valence-corrected chi connectivity index (χ2v) is 6.89. The molecule has 0 amide bonds. The lowest BCUT2D eigenvalue weighted by molar-refractivity contribution is 0.337. The Hall–Kier alpha value is -2.70. The largest absolute Gasteiger partial charge is 0.378 e. The quantitative estimate of drug-likeness (QED) is 0.724. The zero-order valence-corrected chi connectivity index (χ0v) is 14.5. The smallest absolute Gasteiger partial charge is 0.330 e. The van der Waals surface area contributed by atoms with E-state index in [1.165, 1.54) is 4.57 Å². The third-order valence-electron chi connectivity index (χ3n) is 4.97. The molecule has 25 heavy (non-hydrogen) atoms. The van der Waals surface area contributed by atoms with E-state index in [4.69, 9.17) is 0 Å². The van der Waals surface area contributed by atoms with Crippen molar-refractivity contribution in [2.75, 3.05) is 19.0 Å². The molecule has 3 aromatic rings. The molecule has 1 aromatic carbocycles. The standard InChI is InChI=1S/C18H21N5O2/c1-22(2)12-8-9-13-14(10-12)20-16-15(19-13)17(24)23(18(25)21-16)11-6-4-3-5-7-11/h8-11H,3-7H2,1-2H3,(H,20,21,25). The van der Waals surface area contributed by atoms with Gasteiger partial charge in [0.2, 0.25) is 0 Å². The van der Waals surface area contributed by atoms with E-state index in [-0.39, 0.29) is 28.5 Å². The van der Waals surface area contributed by atoms with Gasteiger partial charge in [-0.3, -0.25) is 14.3 Å². The summed E-state index contributed by atoms with van der Waals surface area (Å²) >= 11 is 0. The van der Waals surface area contributed by atoms with Crippen LogP contribution in [0.1, 0.15) is 38.1 Å². The predicted molar refractivity (Wildman–Crippen MR) is 98.4 cm³/mol. The van der Waals surface area contributed by atoms with Gasteiger partial charge < -0.3 is 4.90 Å². The number of nitrogens with zero attached hydrogens (tertiary/aromatic N) is 4. The first-order valence-corrected chi connectivity index (χ1v) is 8.68. The van der Waals surface area contributed by atoms with Crippen LogP contribution in [0.5, 0.6) is 0 Å². The number of H-pyrrole nitrogens is 1. The first-order valence-electron chi connectivity index (χ1n) is 8.68. The Balaban J connectivity index is 1.94. The number of rotatable bonds is 2. The average molecular weight is 339 g/mol. The molecule has 0 saturated heterocycles. The topological polar surface area (TPSA) is 83.9 Å². The van der Waals surface area contributed by atoms with Crippen molar-refractivity contribution in [2.24, 2.45) is 0 Å². The fourth-order valence-corrected chi connectivity index (χ4v) is 3.60. The third kappa shape index (κ3) is 2.69. The number of hydrogen-bond donors (Lipinski definition) is 1. The number of benzene rings is 1. The van der Waals surface area contributed by atoms with Gasteiger partial charge in [-0.25, -0.2) is 14.8 Å². The van der Waals surface area contributed by atoms with Gasteiger partial charge >= 0.3 is 5.69 Å². The molecule has 0 aliphatic heterocycles. The number of anilines is 1. The maximum absolute atomic E-state index is 12.9. The predicted octanol–water partition coefficient (Wildman–Crippen LogP) is 2.20. The van der Waals surface area contributed by atoms with E-state index in [0.29, 0.717) is 11.0 Å². The van der Waals surface area contributed by atoms with Crippen molar-refractivity contribution in [2.45, 2.75) is 38.1 Å². The molecule has 0 radical (unpaired) electrons. The normalized spacial score (nSPS) is 15.8. The third-order valence-corrected chi connectivity index (χ3v) is 4.97. The van der Waals surface area contributed by atoms with Crippen molar-refractivity contribution >= 4 is 27.9 Å². The molecule has 1 fully saturated rings. The van der Waals surface area contributed by atoms with Gasteiger partial charge in [-0.05, 0) is 31.0 Å². The van der Waals surface area contributed by atoms with Crippen LogP contribution in [-0.4, -0.2) is 33.6 Å². The summed E-state index contributed by atoms with van der Waals surface area (Å²) in [5.41, 5.74) is 2.06. The van der Waals surface area contributed by atoms with Gasteiger partial charge in [0.25, 0.3) is 5.56 Å². The molecular weight excluding hydrogens is 318 g/mol. The Labute approximate surface area is 144 Å². The Kier molecular flexibility index (Phi) is 3.78. The zero-order valence-electron chi connectivity index (χ0n) is 14.5. The van der Waals surface area contributed by atoms with Gasteiger partial charge in [0.15, 0.2) is 11.2 Å². The average Bonchev–Trinajstić information content (AvgIpc) is 2.61. The molecule has 0 bridgehead atoms. The molecule has 1 saturated carbocycles. The van der Waals surface area contributed by atoms with Crippen LogP contribution in [-0.2, 0) is 0 Å². The summed E-state index contributed by atoms with van der Waals surface area (Å²) in [6.45, 7) is 0. The molecule has 2 aromatic heterocycles. The molecule has 1 aliphatic rings. The van der Waals surface area contributed by atoms with Crippen LogP contribution in [0.4, 0.5) is 5.69 Å². The monoisotopic (exact) mass is 339 g/mol. The second kappa shape index (κ2) is 5.98. The van der Waals surface area contributed by atoms with E-state index < -0.39 is 0 Å². The molecule has 0 atom stereocenters. The number of aromatic amines is 1. The summed E-state index contributed by atoms with van der Waals surface area (Å²) in [6, 6.07) is 5.65. The molecule has 0 unspecified atom stereocenters. The summed E-state index contributed by atoms with van der Waals surface area (Å²) < 4.78 is 1.34. The van der Waals surface area contributed by atoms with E-state index in [0.717, 1.165) is 37.8 Å². The highest BCUT2D eigenvalue weighted by atomic mass is 16.2. The first-order chi connectivity index (χ1) is 12.0. The van der Waals surface area contributed by atoms with Crippen LogP contribution in [0, 0.1) is 0 Å². The number of fused-ring (bicyclic) bond motifs is 2. The van der Waals surface area contributed by atoms with Crippen LogP contribution in [0.25, 0.3) is 22.2 Å². The van der Waals surface area contributed by atoms with Crippen LogP contribution in [0.3, 0.4) is 0 Å². The molecular formula is C18H21N5O2. The molecule has 0 spiro atoms. The molecule has 130 valence electrons. The van der Waals surface area contributed by atoms with Gasteiger partial charge in [0, 0.05) is 25.8 Å². The van der Waals surface area contributed by atoms with E-state index in [1.807, 2.05) is 37.2 Å². The van der Waals surface area contributed by atoms with E-state index in [2.05, 4.69) is 15.0 Å². The van der Waals surface area contributed by atoms with Crippen LogP contribution in [0.15, 0.2) is 27.8 Å². The minimum absolute atomic E-state index is 0.0389. The molecule has 2 heterocycles. The second-order valence-electron chi connectivity index (χ2n) is 6.89. The van der Waals surface area contributed by atoms with E-state index in [9.17, 15) is 9.59 Å². The molecule has 7 nitrogen and oxygen atoms in total. The van der Waals surface area contributed by atoms with Crippen molar-refractivity contribution in [1.29, 1.82) is 0 Å². The van der Waals surface area contributed by atoms with Crippen LogP contribution >= 0.6 is 0 Å². The minimum atomic E-state index is -0.387. The summed E-state index contributed by atoms with van der Waals surface area (Å²) in [6.07, 6.45) is 4.98. The summed E-state index contributed by atoms with van der Waals surface area (Å²) in [5, 5.41) is 0. The lowest BCUT2D eigenvalue weighted by Gasteiger charge is -2.22. The zero-order chi connectivity index (χ0) is 17.6. The van der Waals surface area contributed by atoms with Gasteiger partial charge in [0.05, 0.1) is 11.0 Å². The van der Waals surface area contributed by atoms with Gasteiger partial charge in [0.1, 0.15) is 0 Å².